The van der Waals surface area contributed by atoms with E-state index in [1.54, 1.807) is 0 Å². The highest BCUT2D eigenvalue weighted by molar-refractivity contribution is 6.34. The fourth-order valence-electron chi connectivity index (χ4n) is 1.89. The van der Waals surface area contributed by atoms with Crippen LogP contribution in [0.4, 0.5) is 11.4 Å². The maximum atomic E-state index is 10.9. The van der Waals surface area contributed by atoms with Gasteiger partial charge in [0.2, 0.25) is 0 Å². The van der Waals surface area contributed by atoms with Gasteiger partial charge >= 0.3 is 0 Å². The molecule has 18 heavy (non-hydrogen) atoms. The van der Waals surface area contributed by atoms with E-state index in [4.69, 9.17) is 11.6 Å². The SMILES string of the molecule is O=[N+]([O-])c1cc(NCC2CC2)c2n[nH]c(Cl)c2c1. The van der Waals surface area contributed by atoms with Crippen molar-refractivity contribution >= 4 is 33.9 Å². The lowest BCUT2D eigenvalue weighted by molar-refractivity contribution is -0.384. The van der Waals surface area contributed by atoms with Crippen molar-refractivity contribution in [2.75, 3.05) is 11.9 Å². The fourth-order valence-corrected chi connectivity index (χ4v) is 2.07. The third-order valence-corrected chi connectivity index (χ3v) is 3.37. The van der Waals surface area contributed by atoms with Crippen molar-refractivity contribution in [1.29, 1.82) is 0 Å². The van der Waals surface area contributed by atoms with Gasteiger partial charge in [0.25, 0.3) is 5.69 Å². The summed E-state index contributed by atoms with van der Waals surface area (Å²) < 4.78 is 0. The largest absolute Gasteiger partial charge is 0.383 e. The summed E-state index contributed by atoms with van der Waals surface area (Å²) in [6.45, 7) is 0.820. The zero-order valence-corrected chi connectivity index (χ0v) is 10.2. The quantitative estimate of drug-likeness (QED) is 0.658. The molecule has 2 aromatic rings. The molecule has 1 heterocycles. The van der Waals surface area contributed by atoms with E-state index in [0.717, 1.165) is 6.54 Å². The van der Waals surface area contributed by atoms with Gasteiger partial charge in [0, 0.05) is 24.1 Å². The van der Waals surface area contributed by atoms with E-state index < -0.39 is 4.92 Å². The lowest BCUT2D eigenvalue weighted by atomic mass is 10.2. The van der Waals surface area contributed by atoms with Crippen molar-refractivity contribution in [3.63, 3.8) is 0 Å². The number of halogens is 1. The van der Waals surface area contributed by atoms with Gasteiger partial charge in [-0.2, -0.15) is 5.10 Å². The third kappa shape index (κ3) is 1.99. The first-order valence-corrected chi connectivity index (χ1v) is 6.09. The molecule has 1 aromatic heterocycles. The molecule has 0 bridgehead atoms. The Morgan fingerprint density at radius 2 is 2.33 bits per heavy atom. The first-order chi connectivity index (χ1) is 8.65. The van der Waals surface area contributed by atoms with E-state index in [1.807, 2.05) is 0 Å². The number of hydrogen-bond acceptors (Lipinski definition) is 4. The van der Waals surface area contributed by atoms with Crippen molar-refractivity contribution in [1.82, 2.24) is 10.2 Å². The van der Waals surface area contributed by atoms with Gasteiger partial charge < -0.3 is 5.32 Å². The van der Waals surface area contributed by atoms with Crippen LogP contribution in [0.3, 0.4) is 0 Å². The van der Waals surface area contributed by atoms with Crippen LogP contribution in [0.5, 0.6) is 0 Å². The summed E-state index contributed by atoms with van der Waals surface area (Å²) in [5.41, 5.74) is 1.32. The third-order valence-electron chi connectivity index (χ3n) is 3.09. The number of anilines is 1. The minimum absolute atomic E-state index is 0.0177. The van der Waals surface area contributed by atoms with Crippen LogP contribution in [0.15, 0.2) is 12.1 Å². The Kier molecular flexibility index (Phi) is 2.59. The Morgan fingerprint density at radius 1 is 1.56 bits per heavy atom. The minimum Gasteiger partial charge on any atom is -0.383 e. The van der Waals surface area contributed by atoms with Crippen LogP contribution in [-0.2, 0) is 0 Å². The van der Waals surface area contributed by atoms with Gasteiger partial charge in [-0.15, -0.1) is 0 Å². The van der Waals surface area contributed by atoms with Gasteiger partial charge in [0.05, 0.1) is 10.6 Å². The van der Waals surface area contributed by atoms with E-state index in [2.05, 4.69) is 15.5 Å². The van der Waals surface area contributed by atoms with Crippen molar-refractivity contribution in [3.8, 4) is 0 Å². The van der Waals surface area contributed by atoms with Crippen molar-refractivity contribution < 1.29 is 4.92 Å². The van der Waals surface area contributed by atoms with Gasteiger partial charge in [0.1, 0.15) is 10.7 Å². The van der Waals surface area contributed by atoms with Crippen LogP contribution in [0.2, 0.25) is 5.15 Å². The van der Waals surface area contributed by atoms with Gasteiger partial charge in [-0.25, -0.2) is 0 Å². The molecule has 1 aromatic carbocycles. The van der Waals surface area contributed by atoms with Crippen LogP contribution in [0.1, 0.15) is 12.8 Å². The van der Waals surface area contributed by atoms with E-state index >= 15 is 0 Å². The summed E-state index contributed by atoms with van der Waals surface area (Å²) in [5, 5.41) is 21.7. The molecule has 0 saturated heterocycles. The predicted molar refractivity (Wildman–Crippen MR) is 69.0 cm³/mol. The van der Waals surface area contributed by atoms with Crippen molar-refractivity contribution in [3.05, 3.63) is 27.4 Å². The normalized spacial score (nSPS) is 14.9. The molecule has 7 heteroatoms. The highest BCUT2D eigenvalue weighted by Crippen LogP contribution is 2.34. The highest BCUT2D eigenvalue weighted by atomic mass is 35.5. The molecule has 0 amide bonds. The van der Waals surface area contributed by atoms with Gasteiger partial charge in [-0.3, -0.25) is 15.2 Å². The molecule has 0 spiro atoms. The molecule has 0 aliphatic heterocycles. The van der Waals surface area contributed by atoms with Gasteiger partial charge in [-0.05, 0) is 18.8 Å². The average molecular weight is 267 g/mol. The van der Waals surface area contributed by atoms with Crippen LogP contribution in [0.25, 0.3) is 10.9 Å². The number of nitrogens with zero attached hydrogens (tertiary/aromatic N) is 2. The van der Waals surface area contributed by atoms with E-state index in [0.29, 0.717) is 27.7 Å². The summed E-state index contributed by atoms with van der Waals surface area (Å²) in [5.74, 6) is 0.675. The first kappa shape index (κ1) is 11.3. The molecule has 0 unspecified atom stereocenters. The zero-order valence-electron chi connectivity index (χ0n) is 9.44. The molecule has 0 atom stereocenters. The monoisotopic (exact) mass is 266 g/mol. The van der Waals surface area contributed by atoms with Crippen LogP contribution >= 0.6 is 11.6 Å². The number of aromatic nitrogens is 2. The number of nitro groups is 1. The molecular weight excluding hydrogens is 256 g/mol. The molecule has 3 rings (SSSR count). The summed E-state index contributed by atoms with van der Waals surface area (Å²) in [6, 6.07) is 2.94. The second-order valence-electron chi connectivity index (χ2n) is 4.51. The predicted octanol–water partition coefficient (Wildman–Crippen LogP) is 2.95. The maximum absolute atomic E-state index is 10.9. The summed E-state index contributed by atoms with van der Waals surface area (Å²) in [4.78, 5) is 10.5. The smallest absolute Gasteiger partial charge is 0.272 e. The summed E-state index contributed by atoms with van der Waals surface area (Å²) in [6.07, 6.45) is 2.43. The molecule has 6 nitrogen and oxygen atoms in total. The van der Waals surface area contributed by atoms with Gasteiger partial charge in [0.15, 0.2) is 0 Å². The maximum Gasteiger partial charge on any atom is 0.272 e. The van der Waals surface area contributed by atoms with E-state index in [-0.39, 0.29) is 5.69 Å². The number of aromatic amines is 1. The number of nitro benzene ring substituents is 1. The van der Waals surface area contributed by atoms with Crippen LogP contribution < -0.4 is 5.32 Å². The van der Waals surface area contributed by atoms with Crippen LogP contribution in [-0.4, -0.2) is 21.7 Å². The number of benzene rings is 1. The fraction of sp³-hybridized carbons (Fsp3) is 0.364. The minimum atomic E-state index is -0.426. The molecule has 0 radical (unpaired) electrons. The van der Waals surface area contributed by atoms with E-state index in [1.165, 1.54) is 25.0 Å². The average Bonchev–Trinajstić information content (AvgIpc) is 3.10. The van der Waals surface area contributed by atoms with Crippen molar-refractivity contribution in [2.24, 2.45) is 5.92 Å². The lowest BCUT2D eigenvalue weighted by Crippen LogP contribution is -2.04. The zero-order chi connectivity index (χ0) is 12.7. The highest BCUT2D eigenvalue weighted by Gasteiger charge is 2.22. The van der Waals surface area contributed by atoms with Crippen LogP contribution in [0, 0.1) is 16.0 Å². The molecule has 94 valence electrons. The standard InChI is InChI=1S/C11H11ClN4O2/c12-11-8-3-7(16(17)18)4-9(10(8)14-15-11)13-5-6-1-2-6/h3-4,6,13H,1-2,5H2,(H,14,15). The molecule has 1 aliphatic rings. The molecule has 2 N–H and O–H groups in total. The number of non-ortho nitro benzene ring substituents is 1. The molecular formula is C11H11ClN4O2. The molecule has 1 aliphatic carbocycles. The Balaban J connectivity index is 2.04. The van der Waals surface area contributed by atoms with E-state index in [9.17, 15) is 10.1 Å². The number of hydrogen-bond donors (Lipinski definition) is 2. The Bertz CT molecular complexity index is 621. The lowest BCUT2D eigenvalue weighted by Gasteiger charge is -2.05. The summed E-state index contributed by atoms with van der Waals surface area (Å²) in [7, 11) is 0. The Hall–Kier alpha value is -1.82. The number of fused-ring (bicyclic) bond motifs is 1. The van der Waals surface area contributed by atoms with Crippen molar-refractivity contribution in [2.45, 2.75) is 12.8 Å². The second-order valence-corrected chi connectivity index (χ2v) is 4.89. The number of nitrogens with one attached hydrogen (secondary N) is 2. The van der Waals surface area contributed by atoms with Gasteiger partial charge in [-0.1, -0.05) is 11.6 Å². The molecule has 1 saturated carbocycles. The number of rotatable bonds is 4. The summed E-state index contributed by atoms with van der Waals surface area (Å²) >= 11 is 5.93. The molecule has 1 fully saturated rings. The Morgan fingerprint density at radius 3 is 3.00 bits per heavy atom. The topological polar surface area (TPSA) is 83.8 Å². The Labute approximate surface area is 107 Å². The second kappa shape index (κ2) is 4.13. The first-order valence-electron chi connectivity index (χ1n) is 5.71. The number of H-pyrrole nitrogens is 1.